The number of nitrogens with zero attached hydrogens (tertiary/aromatic N) is 3. The van der Waals surface area contributed by atoms with Crippen LogP contribution in [0.1, 0.15) is 26.0 Å². The van der Waals surface area contributed by atoms with Crippen LogP contribution >= 0.6 is 11.8 Å². The van der Waals surface area contributed by atoms with E-state index in [-0.39, 0.29) is 11.6 Å². The smallest absolute Gasteiger partial charge is 0.292 e. The van der Waals surface area contributed by atoms with Crippen LogP contribution in [-0.2, 0) is 0 Å². The van der Waals surface area contributed by atoms with Crippen LogP contribution < -0.4 is 11.3 Å². The summed E-state index contributed by atoms with van der Waals surface area (Å²) in [6.45, 7) is 5.75. The molecular weight excluding hydrogens is 254 g/mol. The third-order valence-electron chi connectivity index (χ3n) is 2.54. The Morgan fingerprint density at radius 3 is 2.72 bits per heavy atom. The van der Waals surface area contributed by atoms with Gasteiger partial charge in [0.2, 0.25) is 5.95 Å². The van der Waals surface area contributed by atoms with E-state index in [0.29, 0.717) is 16.6 Å². The van der Waals surface area contributed by atoms with Crippen molar-refractivity contribution in [2.24, 2.45) is 11.8 Å². The molecule has 0 aliphatic carbocycles. The van der Waals surface area contributed by atoms with Gasteiger partial charge in [0.15, 0.2) is 5.03 Å². The highest BCUT2D eigenvalue weighted by Crippen LogP contribution is 2.31. The summed E-state index contributed by atoms with van der Waals surface area (Å²) in [5.74, 6) is 6.69. The maximum Gasteiger partial charge on any atom is 0.322 e. The summed E-state index contributed by atoms with van der Waals surface area (Å²) in [6, 6.07) is 0. The molecule has 0 saturated carbocycles. The number of thioether (sulfide) groups is 1. The first-order valence-electron chi connectivity index (χ1n) is 5.62. The molecule has 1 unspecified atom stereocenters. The predicted octanol–water partition coefficient (Wildman–Crippen LogP) is 2.12. The van der Waals surface area contributed by atoms with E-state index in [4.69, 9.17) is 5.84 Å². The third-order valence-corrected chi connectivity index (χ3v) is 3.83. The molecule has 1 rings (SSSR count). The molecule has 0 saturated heterocycles. The second-order valence-corrected chi connectivity index (χ2v) is 5.02. The van der Waals surface area contributed by atoms with Crippen molar-refractivity contribution in [2.45, 2.75) is 32.2 Å². The number of aromatic nitrogens is 2. The topological polar surface area (TPSA) is 107 Å². The van der Waals surface area contributed by atoms with Crippen LogP contribution in [0, 0.1) is 23.0 Å². The Morgan fingerprint density at radius 1 is 1.56 bits per heavy atom. The van der Waals surface area contributed by atoms with Gasteiger partial charge in [0.1, 0.15) is 5.69 Å². The number of nitrogens with two attached hydrogens (primary N) is 1. The van der Waals surface area contributed by atoms with E-state index in [9.17, 15) is 10.1 Å². The van der Waals surface area contributed by atoms with Crippen molar-refractivity contribution < 1.29 is 4.92 Å². The molecule has 1 aromatic rings. The number of anilines is 1. The summed E-state index contributed by atoms with van der Waals surface area (Å²) in [6.07, 6.45) is 1.02. The summed E-state index contributed by atoms with van der Waals surface area (Å²) < 4.78 is 0. The van der Waals surface area contributed by atoms with E-state index in [1.807, 2.05) is 0 Å². The zero-order valence-corrected chi connectivity index (χ0v) is 11.5. The van der Waals surface area contributed by atoms with Gasteiger partial charge in [0, 0.05) is 5.75 Å². The van der Waals surface area contributed by atoms with Crippen molar-refractivity contribution in [1.82, 2.24) is 9.97 Å². The number of nitrogens with one attached hydrogen (secondary N) is 1. The number of rotatable bonds is 6. The average molecular weight is 271 g/mol. The summed E-state index contributed by atoms with van der Waals surface area (Å²) in [5, 5.41) is 11.4. The van der Waals surface area contributed by atoms with Crippen molar-refractivity contribution in [3.05, 3.63) is 15.8 Å². The van der Waals surface area contributed by atoms with E-state index in [1.54, 1.807) is 6.92 Å². The predicted molar refractivity (Wildman–Crippen MR) is 71.4 cm³/mol. The highest BCUT2D eigenvalue weighted by molar-refractivity contribution is 7.99. The summed E-state index contributed by atoms with van der Waals surface area (Å²) in [7, 11) is 0. The molecule has 0 aromatic carbocycles. The highest BCUT2D eigenvalue weighted by atomic mass is 32.2. The lowest BCUT2D eigenvalue weighted by Gasteiger charge is -2.09. The highest BCUT2D eigenvalue weighted by Gasteiger charge is 2.22. The molecule has 3 N–H and O–H groups in total. The Bertz CT molecular complexity index is 441. The first kappa shape index (κ1) is 14.7. The SMILES string of the molecule is CCC(C)CSc1nc(NN)nc(C)c1[N+](=O)[O-]. The van der Waals surface area contributed by atoms with Crippen LogP contribution in [0.2, 0.25) is 0 Å². The van der Waals surface area contributed by atoms with Gasteiger partial charge in [-0.1, -0.05) is 32.0 Å². The molecule has 0 spiro atoms. The van der Waals surface area contributed by atoms with Crippen LogP contribution in [0.3, 0.4) is 0 Å². The molecule has 0 amide bonds. The normalized spacial score (nSPS) is 12.2. The molecule has 1 aromatic heterocycles. The number of hydrazine groups is 1. The lowest BCUT2D eigenvalue weighted by atomic mass is 10.2. The molecule has 0 fully saturated rings. The second kappa shape index (κ2) is 6.50. The van der Waals surface area contributed by atoms with E-state index >= 15 is 0 Å². The van der Waals surface area contributed by atoms with E-state index < -0.39 is 4.92 Å². The van der Waals surface area contributed by atoms with Crippen LogP contribution in [0.4, 0.5) is 11.6 Å². The Morgan fingerprint density at radius 2 is 2.22 bits per heavy atom. The van der Waals surface area contributed by atoms with Gasteiger partial charge in [-0.15, -0.1) is 0 Å². The second-order valence-electron chi connectivity index (χ2n) is 4.01. The van der Waals surface area contributed by atoms with Crippen molar-refractivity contribution >= 4 is 23.4 Å². The van der Waals surface area contributed by atoms with Gasteiger partial charge in [-0.3, -0.25) is 15.5 Å². The number of aryl methyl sites for hydroxylation is 1. The molecule has 8 heteroatoms. The van der Waals surface area contributed by atoms with Crippen molar-refractivity contribution in [1.29, 1.82) is 0 Å². The lowest BCUT2D eigenvalue weighted by Crippen LogP contribution is -2.13. The quantitative estimate of drug-likeness (QED) is 0.268. The van der Waals surface area contributed by atoms with E-state index in [1.165, 1.54) is 11.8 Å². The van der Waals surface area contributed by atoms with Crippen LogP contribution in [0.25, 0.3) is 0 Å². The number of nitrogen functional groups attached to an aromatic ring is 1. The Balaban J connectivity index is 3.05. The Kier molecular flexibility index (Phi) is 5.29. The first-order chi connectivity index (χ1) is 8.49. The fourth-order valence-corrected chi connectivity index (χ4v) is 2.44. The van der Waals surface area contributed by atoms with Gasteiger partial charge < -0.3 is 0 Å². The van der Waals surface area contributed by atoms with Crippen LogP contribution in [0.5, 0.6) is 0 Å². The fraction of sp³-hybridized carbons (Fsp3) is 0.600. The summed E-state index contributed by atoms with van der Waals surface area (Å²) in [4.78, 5) is 18.5. The number of nitro groups is 1. The molecule has 0 radical (unpaired) electrons. The van der Waals surface area contributed by atoms with Gasteiger partial charge >= 0.3 is 5.69 Å². The minimum absolute atomic E-state index is 0.0395. The van der Waals surface area contributed by atoms with Crippen LogP contribution in [-0.4, -0.2) is 20.6 Å². The van der Waals surface area contributed by atoms with E-state index in [0.717, 1.165) is 12.2 Å². The molecule has 0 aliphatic rings. The molecule has 1 atom stereocenters. The third kappa shape index (κ3) is 3.54. The minimum Gasteiger partial charge on any atom is -0.292 e. The van der Waals surface area contributed by atoms with E-state index in [2.05, 4.69) is 29.2 Å². The van der Waals surface area contributed by atoms with Crippen molar-refractivity contribution in [3.63, 3.8) is 0 Å². The monoisotopic (exact) mass is 271 g/mol. The van der Waals surface area contributed by atoms with Gasteiger partial charge in [0.05, 0.1) is 4.92 Å². The Labute approximate surface area is 110 Å². The summed E-state index contributed by atoms with van der Waals surface area (Å²) >= 11 is 1.36. The molecule has 0 bridgehead atoms. The standard InChI is InChI=1S/C10H17N5O2S/c1-4-6(2)5-18-9-8(15(16)17)7(3)12-10(13-9)14-11/h6H,4-5,11H2,1-3H3,(H,12,13,14). The first-order valence-corrected chi connectivity index (χ1v) is 6.60. The summed E-state index contributed by atoms with van der Waals surface area (Å²) in [5.41, 5.74) is 2.59. The maximum atomic E-state index is 11.0. The molecule has 100 valence electrons. The van der Waals surface area contributed by atoms with Crippen molar-refractivity contribution in [2.75, 3.05) is 11.2 Å². The van der Waals surface area contributed by atoms with Gasteiger partial charge in [-0.25, -0.2) is 10.8 Å². The molecular formula is C10H17N5O2S. The minimum atomic E-state index is -0.450. The van der Waals surface area contributed by atoms with Gasteiger partial charge in [0.25, 0.3) is 0 Å². The largest absolute Gasteiger partial charge is 0.322 e. The lowest BCUT2D eigenvalue weighted by molar-refractivity contribution is -0.389. The fourth-order valence-electron chi connectivity index (χ4n) is 1.26. The zero-order chi connectivity index (χ0) is 13.7. The van der Waals surface area contributed by atoms with Crippen molar-refractivity contribution in [3.8, 4) is 0 Å². The van der Waals surface area contributed by atoms with Gasteiger partial charge in [-0.2, -0.15) is 4.98 Å². The molecule has 7 nitrogen and oxygen atoms in total. The number of hydrogen-bond acceptors (Lipinski definition) is 7. The zero-order valence-electron chi connectivity index (χ0n) is 10.6. The molecule has 18 heavy (non-hydrogen) atoms. The average Bonchev–Trinajstić information content (AvgIpc) is 2.34. The molecule has 1 heterocycles. The van der Waals surface area contributed by atoms with Gasteiger partial charge in [-0.05, 0) is 12.8 Å². The Hall–Kier alpha value is -1.41. The molecule has 0 aliphatic heterocycles. The number of hydrogen-bond donors (Lipinski definition) is 2. The maximum absolute atomic E-state index is 11.0. The van der Waals surface area contributed by atoms with Crippen LogP contribution in [0.15, 0.2) is 5.03 Å².